The Balaban J connectivity index is 1.80. The van der Waals surface area contributed by atoms with Crippen molar-refractivity contribution in [1.82, 2.24) is 5.32 Å². The van der Waals surface area contributed by atoms with E-state index in [1.165, 1.54) is 0 Å². The molecule has 1 aliphatic rings. The van der Waals surface area contributed by atoms with Gasteiger partial charge >= 0.3 is 11.8 Å². The van der Waals surface area contributed by atoms with Gasteiger partial charge in [0.25, 0.3) is 0 Å². The summed E-state index contributed by atoms with van der Waals surface area (Å²) in [5, 5.41) is 15.0. The minimum absolute atomic E-state index is 0.228. The van der Waals surface area contributed by atoms with E-state index < -0.39 is 11.8 Å². The van der Waals surface area contributed by atoms with Crippen molar-refractivity contribution in [2.24, 2.45) is 5.92 Å². The van der Waals surface area contributed by atoms with Gasteiger partial charge in [0.1, 0.15) is 0 Å². The number of anilines is 1. The third kappa shape index (κ3) is 4.72. The molecule has 0 heterocycles. The summed E-state index contributed by atoms with van der Waals surface area (Å²) in [5.74, 6) is -1.19. The molecule has 114 valence electrons. The number of carbonyl (C=O) groups excluding carboxylic acids is 2. The first-order chi connectivity index (χ1) is 10.1. The molecule has 2 unspecified atom stereocenters. The maximum Gasteiger partial charge on any atom is 0.313 e. The van der Waals surface area contributed by atoms with Crippen LogP contribution in [0.4, 0.5) is 5.69 Å². The minimum atomic E-state index is -0.737. The number of nitrogens with one attached hydrogen (secondary N) is 2. The van der Waals surface area contributed by atoms with Gasteiger partial charge in [-0.15, -0.1) is 0 Å². The second-order valence-electron chi connectivity index (χ2n) is 5.33. The first kappa shape index (κ1) is 15.8. The molecule has 0 bridgehead atoms. The molecular formula is C15H19ClN2O3. The number of benzene rings is 1. The minimum Gasteiger partial charge on any atom is -0.393 e. The van der Waals surface area contributed by atoms with E-state index in [-0.39, 0.29) is 12.0 Å². The zero-order valence-corrected chi connectivity index (χ0v) is 12.4. The first-order valence-electron chi connectivity index (χ1n) is 7.08. The topological polar surface area (TPSA) is 78.4 Å². The molecule has 6 heteroatoms. The van der Waals surface area contributed by atoms with Gasteiger partial charge in [0.15, 0.2) is 0 Å². The molecule has 0 spiro atoms. The summed E-state index contributed by atoms with van der Waals surface area (Å²) in [4.78, 5) is 23.5. The number of carbonyl (C=O) groups is 2. The number of amides is 2. The van der Waals surface area contributed by atoms with Crippen LogP contribution in [0.15, 0.2) is 24.3 Å². The Hall–Kier alpha value is -1.59. The molecule has 0 radical (unpaired) electrons. The highest BCUT2D eigenvalue weighted by atomic mass is 35.5. The van der Waals surface area contributed by atoms with Gasteiger partial charge in [0.05, 0.1) is 16.8 Å². The number of hydrogen-bond acceptors (Lipinski definition) is 3. The fraction of sp³-hybridized carbons (Fsp3) is 0.467. The van der Waals surface area contributed by atoms with Crippen LogP contribution < -0.4 is 10.6 Å². The predicted molar refractivity (Wildman–Crippen MR) is 81.1 cm³/mol. The van der Waals surface area contributed by atoms with E-state index in [4.69, 9.17) is 11.6 Å². The maximum atomic E-state index is 11.8. The lowest BCUT2D eigenvalue weighted by Crippen LogP contribution is -2.39. The Labute approximate surface area is 128 Å². The summed E-state index contributed by atoms with van der Waals surface area (Å²) >= 11 is 5.91. The summed E-state index contributed by atoms with van der Waals surface area (Å²) in [5.41, 5.74) is 0.410. The highest BCUT2D eigenvalue weighted by molar-refractivity contribution is 6.41. The maximum absolute atomic E-state index is 11.8. The molecule has 5 nitrogen and oxygen atoms in total. The number of hydrogen-bond donors (Lipinski definition) is 3. The lowest BCUT2D eigenvalue weighted by molar-refractivity contribution is -0.136. The smallest absolute Gasteiger partial charge is 0.313 e. The summed E-state index contributed by atoms with van der Waals surface area (Å²) in [6.45, 7) is 0.409. The van der Waals surface area contributed by atoms with Gasteiger partial charge in [-0.3, -0.25) is 9.59 Å². The Kier molecular flexibility index (Phi) is 5.59. The molecule has 2 atom stereocenters. The first-order valence-corrected chi connectivity index (χ1v) is 7.46. The van der Waals surface area contributed by atoms with Crippen molar-refractivity contribution in [3.05, 3.63) is 29.3 Å². The van der Waals surface area contributed by atoms with Crippen LogP contribution in [0.25, 0.3) is 0 Å². The summed E-state index contributed by atoms with van der Waals surface area (Å²) in [6.07, 6.45) is 3.11. The Morgan fingerprint density at radius 2 is 2.00 bits per heavy atom. The molecule has 2 amide bonds. The molecule has 0 aliphatic heterocycles. The van der Waals surface area contributed by atoms with Crippen LogP contribution in [-0.2, 0) is 9.59 Å². The molecule has 1 aromatic rings. The van der Waals surface area contributed by atoms with Crippen LogP contribution in [0.1, 0.15) is 25.7 Å². The Morgan fingerprint density at radius 1 is 1.24 bits per heavy atom. The lowest BCUT2D eigenvalue weighted by atomic mass is 9.87. The second-order valence-corrected chi connectivity index (χ2v) is 5.74. The monoisotopic (exact) mass is 310 g/mol. The van der Waals surface area contributed by atoms with Crippen molar-refractivity contribution < 1.29 is 14.7 Å². The van der Waals surface area contributed by atoms with E-state index in [0.717, 1.165) is 19.3 Å². The van der Waals surface area contributed by atoms with Gasteiger partial charge in [0.2, 0.25) is 0 Å². The van der Waals surface area contributed by atoms with Gasteiger partial charge in [-0.2, -0.15) is 0 Å². The van der Waals surface area contributed by atoms with E-state index in [1.54, 1.807) is 24.3 Å². The molecule has 0 saturated heterocycles. The predicted octanol–water partition coefficient (Wildman–Crippen LogP) is 1.95. The van der Waals surface area contributed by atoms with Crippen molar-refractivity contribution in [1.29, 1.82) is 0 Å². The van der Waals surface area contributed by atoms with Gasteiger partial charge < -0.3 is 15.7 Å². The Morgan fingerprint density at radius 3 is 2.71 bits per heavy atom. The zero-order chi connectivity index (χ0) is 15.2. The summed E-state index contributed by atoms with van der Waals surface area (Å²) < 4.78 is 0. The molecule has 2 rings (SSSR count). The van der Waals surface area contributed by atoms with Gasteiger partial charge in [-0.25, -0.2) is 0 Å². The largest absolute Gasteiger partial charge is 0.393 e. The molecule has 1 aromatic carbocycles. The van der Waals surface area contributed by atoms with Gasteiger partial charge in [-0.1, -0.05) is 30.2 Å². The zero-order valence-electron chi connectivity index (χ0n) is 11.6. The quantitative estimate of drug-likeness (QED) is 0.747. The van der Waals surface area contributed by atoms with Crippen molar-refractivity contribution in [3.63, 3.8) is 0 Å². The highest BCUT2D eigenvalue weighted by Crippen LogP contribution is 2.23. The highest BCUT2D eigenvalue weighted by Gasteiger charge is 2.22. The third-order valence-corrected chi connectivity index (χ3v) is 3.96. The van der Waals surface area contributed by atoms with Crippen LogP contribution in [0.2, 0.25) is 5.02 Å². The number of halogens is 1. The summed E-state index contributed by atoms with van der Waals surface area (Å²) in [6, 6.07) is 6.73. The molecular weight excluding hydrogens is 292 g/mol. The normalized spacial score (nSPS) is 21.6. The average molecular weight is 311 g/mol. The van der Waals surface area contributed by atoms with Gasteiger partial charge in [-0.05, 0) is 37.3 Å². The van der Waals surface area contributed by atoms with Crippen molar-refractivity contribution in [3.8, 4) is 0 Å². The van der Waals surface area contributed by atoms with E-state index >= 15 is 0 Å². The molecule has 1 fully saturated rings. The molecule has 0 aromatic heterocycles. The fourth-order valence-electron chi connectivity index (χ4n) is 2.51. The van der Waals surface area contributed by atoms with Crippen LogP contribution in [0.5, 0.6) is 0 Å². The van der Waals surface area contributed by atoms with Crippen LogP contribution in [0.3, 0.4) is 0 Å². The van der Waals surface area contributed by atoms with Crippen LogP contribution in [0, 0.1) is 5.92 Å². The molecule has 3 N–H and O–H groups in total. The number of aliphatic hydroxyl groups is 1. The molecule has 1 aliphatic carbocycles. The standard InChI is InChI=1S/C15H19ClN2O3/c16-12-6-1-2-7-13(12)18-15(21)14(20)17-9-10-4-3-5-11(19)8-10/h1-2,6-7,10-11,19H,3-5,8-9H2,(H,17,20)(H,18,21). The number of aliphatic hydroxyl groups excluding tert-OH is 1. The average Bonchev–Trinajstić information content (AvgIpc) is 2.47. The summed E-state index contributed by atoms with van der Waals surface area (Å²) in [7, 11) is 0. The van der Waals surface area contributed by atoms with E-state index in [9.17, 15) is 14.7 Å². The molecule has 1 saturated carbocycles. The van der Waals surface area contributed by atoms with Crippen molar-refractivity contribution in [2.75, 3.05) is 11.9 Å². The van der Waals surface area contributed by atoms with E-state index in [0.29, 0.717) is 23.7 Å². The Bertz CT molecular complexity index is 521. The van der Waals surface area contributed by atoms with Gasteiger partial charge in [0, 0.05) is 6.54 Å². The third-order valence-electron chi connectivity index (χ3n) is 3.63. The fourth-order valence-corrected chi connectivity index (χ4v) is 2.69. The lowest BCUT2D eigenvalue weighted by Gasteiger charge is -2.25. The van der Waals surface area contributed by atoms with Crippen molar-refractivity contribution >= 4 is 29.1 Å². The second kappa shape index (κ2) is 7.43. The SMILES string of the molecule is O=C(NCC1CCCC(O)C1)C(=O)Nc1ccccc1Cl. The van der Waals surface area contributed by atoms with Crippen LogP contribution >= 0.6 is 11.6 Å². The number of rotatable bonds is 3. The van der Waals surface area contributed by atoms with E-state index in [1.807, 2.05) is 0 Å². The molecule has 21 heavy (non-hydrogen) atoms. The van der Waals surface area contributed by atoms with Crippen LogP contribution in [-0.4, -0.2) is 29.6 Å². The van der Waals surface area contributed by atoms with E-state index in [2.05, 4.69) is 10.6 Å². The van der Waals surface area contributed by atoms with Crippen molar-refractivity contribution in [2.45, 2.75) is 31.8 Å². The number of para-hydroxylation sites is 1.